The fourth-order valence-corrected chi connectivity index (χ4v) is 2.65. The number of hydrogen-bond acceptors (Lipinski definition) is 4. The van der Waals surface area contributed by atoms with Gasteiger partial charge in [0, 0.05) is 0 Å². The average Bonchev–Trinajstić information content (AvgIpc) is 2.69. The highest BCUT2D eigenvalue weighted by Crippen LogP contribution is 2.32. The molecular weight excluding hydrogens is 282 g/mol. The molecule has 0 aromatic heterocycles. The van der Waals surface area contributed by atoms with E-state index in [2.05, 4.69) is 20.8 Å². The Morgan fingerprint density at radius 3 is 2.05 bits per heavy atom. The topological polar surface area (TPSA) is 63.7 Å². The maximum atomic E-state index is 12.1. The van der Waals surface area contributed by atoms with Gasteiger partial charge in [0.15, 0.2) is 0 Å². The minimum atomic E-state index is -0.585. The van der Waals surface area contributed by atoms with E-state index in [1.807, 2.05) is 6.92 Å². The maximum Gasteiger partial charge on any atom is 0.333 e. The summed E-state index contributed by atoms with van der Waals surface area (Å²) >= 11 is 0. The van der Waals surface area contributed by atoms with Crippen LogP contribution in [0, 0.1) is 11.3 Å². The van der Waals surface area contributed by atoms with Gasteiger partial charge < -0.3 is 4.84 Å². The second-order valence-corrected chi connectivity index (χ2v) is 6.59. The predicted molar refractivity (Wildman–Crippen MR) is 80.9 cm³/mol. The molecule has 118 valence electrons. The molecule has 1 aliphatic heterocycles. The van der Waals surface area contributed by atoms with E-state index in [4.69, 9.17) is 4.84 Å². The van der Waals surface area contributed by atoms with Crippen molar-refractivity contribution < 1.29 is 19.2 Å². The minimum Gasteiger partial charge on any atom is -0.330 e. The number of carbonyl (C=O) groups excluding carboxylic acids is 3. The highest BCUT2D eigenvalue weighted by Gasteiger charge is 2.39. The molecule has 0 saturated heterocycles. The molecule has 0 N–H and O–H groups in total. The van der Waals surface area contributed by atoms with E-state index in [0.717, 1.165) is 6.42 Å². The Labute approximate surface area is 130 Å². The summed E-state index contributed by atoms with van der Waals surface area (Å²) in [5, 5.41) is 0.572. The van der Waals surface area contributed by atoms with Crippen molar-refractivity contribution in [3.63, 3.8) is 0 Å². The van der Waals surface area contributed by atoms with Crippen LogP contribution in [-0.4, -0.2) is 22.8 Å². The van der Waals surface area contributed by atoms with Crippen molar-refractivity contribution in [2.45, 2.75) is 40.5 Å². The summed E-state index contributed by atoms with van der Waals surface area (Å²) in [6.07, 6.45) is 0.994. The molecule has 1 aromatic carbocycles. The number of fused-ring (bicyclic) bond motifs is 1. The average molecular weight is 303 g/mol. The first-order valence-corrected chi connectivity index (χ1v) is 7.44. The number of hydrogen-bond donors (Lipinski definition) is 0. The van der Waals surface area contributed by atoms with Gasteiger partial charge in [0.1, 0.15) is 0 Å². The number of amides is 2. The Hall–Kier alpha value is -2.17. The number of carbonyl (C=O) groups is 3. The van der Waals surface area contributed by atoms with Gasteiger partial charge >= 0.3 is 5.97 Å². The quantitative estimate of drug-likeness (QED) is 0.801. The maximum absolute atomic E-state index is 12.1. The van der Waals surface area contributed by atoms with Gasteiger partial charge in [0.05, 0.1) is 17.5 Å². The summed E-state index contributed by atoms with van der Waals surface area (Å²) in [6.45, 7) is 8.16. The fraction of sp³-hybridized carbons (Fsp3) is 0.471. The second kappa shape index (κ2) is 5.91. The highest BCUT2D eigenvalue weighted by atomic mass is 16.7. The summed E-state index contributed by atoms with van der Waals surface area (Å²) in [7, 11) is 0. The Balaban J connectivity index is 2.08. The molecule has 1 aromatic rings. The predicted octanol–water partition coefficient (Wildman–Crippen LogP) is 3.20. The third-order valence-electron chi connectivity index (χ3n) is 4.08. The summed E-state index contributed by atoms with van der Waals surface area (Å²) in [5.74, 6) is -1.61. The first-order chi connectivity index (χ1) is 10.3. The largest absolute Gasteiger partial charge is 0.333 e. The van der Waals surface area contributed by atoms with Gasteiger partial charge in [-0.05, 0) is 23.5 Å². The van der Waals surface area contributed by atoms with E-state index in [1.165, 1.54) is 0 Å². The normalized spacial score (nSPS) is 15.7. The molecule has 0 aliphatic carbocycles. The lowest BCUT2D eigenvalue weighted by molar-refractivity contribution is -0.170. The molecule has 2 amide bonds. The first-order valence-electron chi connectivity index (χ1n) is 7.44. The fourth-order valence-electron chi connectivity index (χ4n) is 2.65. The number of hydroxylamine groups is 2. The van der Waals surface area contributed by atoms with Crippen molar-refractivity contribution in [3.8, 4) is 0 Å². The molecule has 5 nitrogen and oxygen atoms in total. The van der Waals surface area contributed by atoms with Crippen LogP contribution in [0.3, 0.4) is 0 Å². The highest BCUT2D eigenvalue weighted by molar-refractivity contribution is 6.20. The zero-order valence-electron chi connectivity index (χ0n) is 13.4. The standard InChI is InChI=1S/C17H21NO4/c1-5-11(17(2,3)4)10-14(19)22-18-15(20)12-8-6-7-9-13(12)16(18)21/h6-9,11H,5,10H2,1-4H3. The molecule has 1 atom stereocenters. The Morgan fingerprint density at radius 1 is 1.14 bits per heavy atom. The van der Waals surface area contributed by atoms with Crippen LogP contribution in [0.25, 0.3) is 0 Å². The monoisotopic (exact) mass is 303 g/mol. The zero-order chi connectivity index (χ0) is 16.5. The van der Waals surface area contributed by atoms with Gasteiger partial charge in [0.25, 0.3) is 11.8 Å². The molecule has 0 saturated carbocycles. The van der Waals surface area contributed by atoms with Crippen molar-refractivity contribution in [1.29, 1.82) is 0 Å². The summed E-state index contributed by atoms with van der Waals surface area (Å²) in [5.41, 5.74) is 0.488. The van der Waals surface area contributed by atoms with Gasteiger partial charge in [-0.25, -0.2) is 4.79 Å². The molecule has 5 heteroatoms. The molecule has 1 unspecified atom stereocenters. The smallest absolute Gasteiger partial charge is 0.330 e. The van der Waals surface area contributed by atoms with E-state index in [-0.39, 0.29) is 28.9 Å². The van der Waals surface area contributed by atoms with Gasteiger partial charge in [-0.3, -0.25) is 9.59 Å². The molecule has 1 heterocycles. The summed E-state index contributed by atoms with van der Waals surface area (Å²) in [6, 6.07) is 6.44. The van der Waals surface area contributed by atoms with Crippen LogP contribution in [0.15, 0.2) is 24.3 Å². The number of imide groups is 1. The van der Waals surface area contributed by atoms with Crippen molar-refractivity contribution >= 4 is 17.8 Å². The SMILES string of the molecule is CCC(CC(=O)ON1C(=O)c2ccccc2C1=O)C(C)(C)C. The lowest BCUT2D eigenvalue weighted by atomic mass is 9.77. The third kappa shape index (κ3) is 3.03. The van der Waals surface area contributed by atoms with Crippen molar-refractivity contribution in [2.75, 3.05) is 0 Å². The number of rotatable bonds is 4. The van der Waals surface area contributed by atoms with E-state index in [1.54, 1.807) is 24.3 Å². The molecule has 22 heavy (non-hydrogen) atoms. The van der Waals surface area contributed by atoms with Crippen LogP contribution < -0.4 is 0 Å². The minimum absolute atomic E-state index is 0.0459. The van der Waals surface area contributed by atoms with Crippen LogP contribution in [0.4, 0.5) is 0 Å². The second-order valence-electron chi connectivity index (χ2n) is 6.59. The Kier molecular flexibility index (Phi) is 4.35. The lowest BCUT2D eigenvalue weighted by Crippen LogP contribution is -2.34. The van der Waals surface area contributed by atoms with Crippen molar-refractivity contribution in [1.82, 2.24) is 5.06 Å². The van der Waals surface area contributed by atoms with E-state index >= 15 is 0 Å². The first kappa shape index (κ1) is 16.2. The third-order valence-corrected chi connectivity index (χ3v) is 4.08. The van der Waals surface area contributed by atoms with Crippen LogP contribution in [0.5, 0.6) is 0 Å². The van der Waals surface area contributed by atoms with Crippen LogP contribution in [-0.2, 0) is 9.63 Å². The molecule has 0 bridgehead atoms. The van der Waals surface area contributed by atoms with Crippen LogP contribution in [0.2, 0.25) is 0 Å². The lowest BCUT2D eigenvalue weighted by Gasteiger charge is -2.29. The molecule has 0 radical (unpaired) electrons. The molecule has 2 rings (SSSR count). The number of benzene rings is 1. The van der Waals surface area contributed by atoms with E-state index < -0.39 is 17.8 Å². The van der Waals surface area contributed by atoms with Gasteiger partial charge in [-0.2, -0.15) is 0 Å². The van der Waals surface area contributed by atoms with Crippen molar-refractivity contribution in [3.05, 3.63) is 35.4 Å². The summed E-state index contributed by atoms with van der Waals surface area (Å²) < 4.78 is 0. The number of nitrogens with zero attached hydrogens (tertiary/aromatic N) is 1. The Morgan fingerprint density at radius 2 is 1.64 bits per heavy atom. The molecular formula is C17H21NO4. The van der Waals surface area contributed by atoms with Gasteiger partial charge in [-0.15, -0.1) is 0 Å². The van der Waals surface area contributed by atoms with Crippen LogP contribution in [0.1, 0.15) is 61.3 Å². The Bertz CT molecular complexity index is 580. The molecule has 0 spiro atoms. The van der Waals surface area contributed by atoms with Crippen LogP contribution >= 0.6 is 0 Å². The van der Waals surface area contributed by atoms with E-state index in [9.17, 15) is 14.4 Å². The zero-order valence-corrected chi connectivity index (χ0v) is 13.4. The van der Waals surface area contributed by atoms with Gasteiger partial charge in [-0.1, -0.05) is 51.3 Å². The van der Waals surface area contributed by atoms with Gasteiger partial charge in [0.2, 0.25) is 0 Å². The van der Waals surface area contributed by atoms with Crippen molar-refractivity contribution in [2.24, 2.45) is 11.3 Å². The van der Waals surface area contributed by atoms with E-state index in [0.29, 0.717) is 5.06 Å². The summed E-state index contributed by atoms with van der Waals surface area (Å²) in [4.78, 5) is 41.4. The molecule has 0 fully saturated rings. The molecule has 1 aliphatic rings.